The normalized spacial score (nSPS) is 10.3. The summed E-state index contributed by atoms with van der Waals surface area (Å²) in [6, 6.07) is 10.0. The fourth-order valence-electron chi connectivity index (χ4n) is 1.89. The highest BCUT2D eigenvalue weighted by Crippen LogP contribution is 2.14. The Hall–Kier alpha value is -1.94. The number of anilines is 1. The molecule has 94 valence electrons. The summed E-state index contributed by atoms with van der Waals surface area (Å²) in [4.78, 5) is 10.7. The lowest BCUT2D eigenvalue weighted by Crippen LogP contribution is -2.25. The van der Waals surface area contributed by atoms with Gasteiger partial charge in [-0.05, 0) is 24.1 Å². The lowest BCUT2D eigenvalue weighted by atomic mass is 10.1. The maximum Gasteiger partial charge on any atom is 0.225 e. The molecule has 2 aromatic rings. The number of hydrogen-bond donors (Lipinski definition) is 1. The van der Waals surface area contributed by atoms with Gasteiger partial charge in [-0.2, -0.15) is 0 Å². The molecule has 0 unspecified atom stereocenters. The highest BCUT2D eigenvalue weighted by Gasteiger charge is 2.09. The predicted molar refractivity (Wildman–Crippen MR) is 73.1 cm³/mol. The molecule has 4 nitrogen and oxygen atoms in total. The van der Waals surface area contributed by atoms with Crippen molar-refractivity contribution in [3.05, 3.63) is 53.9 Å². The molecular formula is C14H18N4. The third-order valence-electron chi connectivity index (χ3n) is 2.92. The topological polar surface area (TPSA) is 55.0 Å². The summed E-state index contributed by atoms with van der Waals surface area (Å²) in [6.45, 7) is 4.31. The first-order valence-electron chi connectivity index (χ1n) is 6.14. The molecule has 0 aliphatic rings. The zero-order valence-electron chi connectivity index (χ0n) is 10.6. The molecule has 1 aromatic heterocycles. The van der Waals surface area contributed by atoms with Gasteiger partial charge in [0.1, 0.15) is 0 Å². The molecule has 0 spiro atoms. The third kappa shape index (κ3) is 2.84. The lowest BCUT2D eigenvalue weighted by molar-refractivity contribution is 0.783. The van der Waals surface area contributed by atoms with Crippen molar-refractivity contribution < 1.29 is 0 Å². The van der Waals surface area contributed by atoms with Gasteiger partial charge in [0.05, 0.1) is 0 Å². The number of hydrogen-bond acceptors (Lipinski definition) is 4. The Morgan fingerprint density at radius 2 is 1.72 bits per heavy atom. The maximum absolute atomic E-state index is 5.76. The number of nitrogens with zero attached hydrogens (tertiary/aromatic N) is 3. The average molecular weight is 242 g/mol. The minimum atomic E-state index is 0.559. The van der Waals surface area contributed by atoms with E-state index in [9.17, 15) is 0 Å². The second-order valence-electron chi connectivity index (χ2n) is 4.04. The SMILES string of the molecule is CCN(Cc1ccccc1CN)c1ncccn1. The van der Waals surface area contributed by atoms with Gasteiger partial charge in [0.15, 0.2) is 0 Å². The highest BCUT2D eigenvalue weighted by atomic mass is 15.2. The van der Waals surface area contributed by atoms with Gasteiger partial charge in [-0.3, -0.25) is 0 Å². The largest absolute Gasteiger partial charge is 0.337 e. The number of rotatable bonds is 5. The molecule has 0 bridgehead atoms. The van der Waals surface area contributed by atoms with E-state index in [0.717, 1.165) is 19.0 Å². The van der Waals surface area contributed by atoms with Crippen LogP contribution >= 0.6 is 0 Å². The van der Waals surface area contributed by atoms with Gasteiger partial charge in [0, 0.05) is 32.0 Å². The Morgan fingerprint density at radius 3 is 2.33 bits per heavy atom. The Labute approximate surface area is 107 Å². The van der Waals surface area contributed by atoms with E-state index in [4.69, 9.17) is 5.73 Å². The minimum absolute atomic E-state index is 0.559. The van der Waals surface area contributed by atoms with Crippen LogP contribution in [0.25, 0.3) is 0 Å². The molecule has 0 amide bonds. The first-order chi connectivity index (χ1) is 8.85. The van der Waals surface area contributed by atoms with Crippen LogP contribution in [0.4, 0.5) is 5.95 Å². The van der Waals surface area contributed by atoms with Crippen LogP contribution in [0, 0.1) is 0 Å². The van der Waals surface area contributed by atoms with Crippen molar-refractivity contribution in [2.45, 2.75) is 20.0 Å². The fraction of sp³-hybridized carbons (Fsp3) is 0.286. The predicted octanol–water partition coefficient (Wildman–Crippen LogP) is 1.96. The number of aromatic nitrogens is 2. The molecule has 4 heteroatoms. The molecule has 2 rings (SSSR count). The van der Waals surface area contributed by atoms with Crippen LogP contribution < -0.4 is 10.6 Å². The molecule has 0 saturated carbocycles. The Bertz CT molecular complexity index is 484. The van der Waals surface area contributed by atoms with Crippen LogP contribution in [0.2, 0.25) is 0 Å². The summed E-state index contributed by atoms with van der Waals surface area (Å²) in [6.07, 6.45) is 3.53. The van der Waals surface area contributed by atoms with E-state index in [-0.39, 0.29) is 0 Å². The van der Waals surface area contributed by atoms with Crippen molar-refractivity contribution in [2.24, 2.45) is 5.73 Å². The Balaban J connectivity index is 2.21. The maximum atomic E-state index is 5.76. The quantitative estimate of drug-likeness (QED) is 0.870. The Kier molecular flexibility index (Phi) is 4.25. The zero-order chi connectivity index (χ0) is 12.8. The van der Waals surface area contributed by atoms with E-state index in [1.54, 1.807) is 12.4 Å². The van der Waals surface area contributed by atoms with Crippen molar-refractivity contribution >= 4 is 5.95 Å². The molecule has 0 aliphatic heterocycles. The van der Waals surface area contributed by atoms with Crippen molar-refractivity contribution in [3.8, 4) is 0 Å². The van der Waals surface area contributed by atoms with Crippen molar-refractivity contribution in [1.29, 1.82) is 0 Å². The summed E-state index contributed by atoms with van der Waals surface area (Å²) in [7, 11) is 0. The van der Waals surface area contributed by atoms with Gasteiger partial charge in [0.2, 0.25) is 5.95 Å². The molecule has 1 heterocycles. The van der Waals surface area contributed by atoms with Crippen molar-refractivity contribution in [2.75, 3.05) is 11.4 Å². The Morgan fingerprint density at radius 1 is 1.06 bits per heavy atom. The van der Waals surface area contributed by atoms with Crippen LogP contribution in [0.15, 0.2) is 42.7 Å². The molecule has 1 aromatic carbocycles. The number of benzene rings is 1. The first kappa shape index (κ1) is 12.5. The van der Waals surface area contributed by atoms with Crippen LogP contribution in [-0.2, 0) is 13.1 Å². The van der Waals surface area contributed by atoms with E-state index < -0.39 is 0 Å². The second-order valence-corrected chi connectivity index (χ2v) is 4.04. The van der Waals surface area contributed by atoms with Crippen LogP contribution in [-0.4, -0.2) is 16.5 Å². The molecule has 0 saturated heterocycles. The van der Waals surface area contributed by atoms with E-state index in [0.29, 0.717) is 6.54 Å². The van der Waals surface area contributed by atoms with Gasteiger partial charge >= 0.3 is 0 Å². The van der Waals surface area contributed by atoms with E-state index in [1.165, 1.54) is 11.1 Å². The van der Waals surface area contributed by atoms with E-state index >= 15 is 0 Å². The summed E-state index contributed by atoms with van der Waals surface area (Å²) >= 11 is 0. The smallest absolute Gasteiger partial charge is 0.225 e. The average Bonchev–Trinajstić information content (AvgIpc) is 2.46. The molecule has 0 radical (unpaired) electrons. The molecule has 18 heavy (non-hydrogen) atoms. The van der Waals surface area contributed by atoms with Crippen molar-refractivity contribution in [1.82, 2.24) is 9.97 Å². The zero-order valence-corrected chi connectivity index (χ0v) is 10.6. The lowest BCUT2D eigenvalue weighted by Gasteiger charge is -2.21. The molecule has 0 fully saturated rings. The molecular weight excluding hydrogens is 224 g/mol. The van der Waals surface area contributed by atoms with E-state index in [1.807, 2.05) is 18.2 Å². The molecule has 0 atom stereocenters. The fourth-order valence-corrected chi connectivity index (χ4v) is 1.89. The first-order valence-corrected chi connectivity index (χ1v) is 6.14. The molecule has 2 N–H and O–H groups in total. The van der Waals surface area contributed by atoms with Crippen LogP contribution in [0.3, 0.4) is 0 Å². The van der Waals surface area contributed by atoms with Crippen LogP contribution in [0.1, 0.15) is 18.1 Å². The van der Waals surface area contributed by atoms with Gasteiger partial charge in [-0.15, -0.1) is 0 Å². The van der Waals surface area contributed by atoms with Gasteiger partial charge < -0.3 is 10.6 Å². The second kappa shape index (κ2) is 6.12. The number of nitrogens with two attached hydrogens (primary N) is 1. The summed E-state index contributed by atoms with van der Waals surface area (Å²) in [5.41, 5.74) is 8.16. The highest BCUT2D eigenvalue weighted by molar-refractivity contribution is 5.34. The summed E-state index contributed by atoms with van der Waals surface area (Å²) in [5, 5.41) is 0. The standard InChI is InChI=1S/C14H18N4/c1-2-18(14-16-8-5-9-17-14)11-13-7-4-3-6-12(13)10-15/h3-9H,2,10-11,15H2,1H3. The molecule has 0 aliphatic carbocycles. The minimum Gasteiger partial charge on any atom is -0.337 e. The van der Waals surface area contributed by atoms with Gasteiger partial charge in [-0.1, -0.05) is 24.3 Å². The summed E-state index contributed by atoms with van der Waals surface area (Å²) in [5.74, 6) is 0.756. The monoisotopic (exact) mass is 242 g/mol. The van der Waals surface area contributed by atoms with Crippen LogP contribution in [0.5, 0.6) is 0 Å². The van der Waals surface area contributed by atoms with Crippen molar-refractivity contribution in [3.63, 3.8) is 0 Å². The van der Waals surface area contributed by atoms with E-state index in [2.05, 4.69) is 33.9 Å². The van der Waals surface area contributed by atoms with Gasteiger partial charge in [-0.25, -0.2) is 9.97 Å². The van der Waals surface area contributed by atoms with Gasteiger partial charge in [0.25, 0.3) is 0 Å². The summed E-state index contributed by atoms with van der Waals surface area (Å²) < 4.78 is 0. The third-order valence-corrected chi connectivity index (χ3v) is 2.92.